The van der Waals surface area contributed by atoms with E-state index in [9.17, 15) is 19.7 Å². The van der Waals surface area contributed by atoms with Gasteiger partial charge in [-0.05, 0) is 12.1 Å². The molecule has 0 aliphatic carbocycles. The molecule has 0 spiro atoms. The molecule has 3 rings (SSSR count). The molecule has 8 heteroatoms. The lowest BCUT2D eigenvalue weighted by molar-refractivity contribution is -0.166. The van der Waals surface area contributed by atoms with Gasteiger partial charge in [-0.1, -0.05) is 17.3 Å². The zero-order valence-electron chi connectivity index (χ0n) is 11.6. The molecule has 3 N–H and O–H groups in total. The first kappa shape index (κ1) is 15.0. The largest absolute Gasteiger partial charge is 0.394 e. The monoisotopic (exact) mass is 309 g/mol. The molecule has 0 amide bonds. The van der Waals surface area contributed by atoms with Crippen LogP contribution in [0.2, 0.25) is 0 Å². The van der Waals surface area contributed by atoms with Gasteiger partial charge in [-0.3, -0.25) is 0 Å². The molecule has 2 aromatic rings. The molecule has 118 valence electrons. The van der Waals surface area contributed by atoms with E-state index in [1.165, 1.54) is 23.0 Å². The van der Waals surface area contributed by atoms with Gasteiger partial charge in [0, 0.05) is 5.56 Å². The summed E-state index contributed by atoms with van der Waals surface area (Å²) >= 11 is 0. The van der Waals surface area contributed by atoms with Crippen molar-refractivity contribution in [1.82, 2.24) is 15.0 Å². The van der Waals surface area contributed by atoms with Gasteiger partial charge in [-0.25, -0.2) is 9.07 Å². The lowest BCUT2D eigenvalue weighted by atomic mass is 9.97. The van der Waals surface area contributed by atoms with Gasteiger partial charge in [-0.2, -0.15) is 0 Å². The molecule has 0 bridgehead atoms. The Bertz CT molecular complexity index is 651. The third-order valence-corrected chi connectivity index (χ3v) is 3.72. The summed E-state index contributed by atoms with van der Waals surface area (Å²) in [5.41, 5.74) is 0.965. The van der Waals surface area contributed by atoms with E-state index in [-0.39, 0.29) is 13.2 Å². The average molecular weight is 309 g/mol. The van der Waals surface area contributed by atoms with Crippen LogP contribution in [0, 0.1) is 5.82 Å². The summed E-state index contributed by atoms with van der Waals surface area (Å²) in [6.45, 7) is -0.391. The molecule has 22 heavy (non-hydrogen) atoms. The van der Waals surface area contributed by atoms with E-state index in [4.69, 9.17) is 4.74 Å². The molecule has 2 heterocycles. The van der Waals surface area contributed by atoms with Gasteiger partial charge in [0.1, 0.15) is 35.9 Å². The fourth-order valence-corrected chi connectivity index (χ4v) is 2.56. The van der Waals surface area contributed by atoms with Crippen molar-refractivity contribution < 1.29 is 24.4 Å². The SMILES string of the molecule is OCC1OCC(O)C(n2cc(-c3cccc(F)c3)nn2)C1O. The minimum Gasteiger partial charge on any atom is -0.394 e. The van der Waals surface area contributed by atoms with Gasteiger partial charge in [0.25, 0.3) is 0 Å². The zero-order valence-corrected chi connectivity index (χ0v) is 11.6. The number of benzene rings is 1. The molecule has 4 atom stereocenters. The van der Waals surface area contributed by atoms with Gasteiger partial charge in [0.15, 0.2) is 0 Å². The predicted molar refractivity (Wildman–Crippen MR) is 73.3 cm³/mol. The number of aliphatic hydroxyl groups excluding tert-OH is 3. The van der Waals surface area contributed by atoms with Crippen LogP contribution in [0.4, 0.5) is 4.39 Å². The fourth-order valence-electron chi connectivity index (χ4n) is 2.56. The van der Waals surface area contributed by atoms with E-state index in [1.807, 2.05) is 0 Å². The van der Waals surface area contributed by atoms with Crippen LogP contribution in [-0.4, -0.2) is 61.8 Å². The molecular weight excluding hydrogens is 293 g/mol. The normalized spacial score (nSPS) is 28.7. The number of hydrogen-bond acceptors (Lipinski definition) is 6. The Labute approximate surface area is 125 Å². The highest BCUT2D eigenvalue weighted by atomic mass is 19.1. The first-order valence-electron chi connectivity index (χ1n) is 6.86. The van der Waals surface area contributed by atoms with Crippen LogP contribution in [-0.2, 0) is 4.74 Å². The van der Waals surface area contributed by atoms with Crippen molar-refractivity contribution in [2.75, 3.05) is 13.2 Å². The van der Waals surface area contributed by atoms with Crippen LogP contribution in [0.25, 0.3) is 11.3 Å². The van der Waals surface area contributed by atoms with Crippen molar-refractivity contribution >= 4 is 0 Å². The molecule has 1 aliphatic heterocycles. The van der Waals surface area contributed by atoms with Crippen molar-refractivity contribution in [3.05, 3.63) is 36.3 Å². The van der Waals surface area contributed by atoms with E-state index in [2.05, 4.69) is 10.3 Å². The maximum atomic E-state index is 13.3. The average Bonchev–Trinajstić information content (AvgIpc) is 2.97. The lowest BCUT2D eigenvalue weighted by Crippen LogP contribution is -2.51. The first-order chi connectivity index (χ1) is 10.6. The van der Waals surface area contributed by atoms with Gasteiger partial charge in [-0.15, -0.1) is 5.10 Å². The first-order valence-corrected chi connectivity index (χ1v) is 6.86. The van der Waals surface area contributed by atoms with Crippen LogP contribution in [0.1, 0.15) is 6.04 Å². The van der Waals surface area contributed by atoms with E-state index in [1.54, 1.807) is 12.1 Å². The molecule has 4 unspecified atom stereocenters. The molecule has 1 aromatic heterocycles. The minimum atomic E-state index is -1.13. The highest BCUT2D eigenvalue weighted by Crippen LogP contribution is 2.27. The summed E-state index contributed by atoms with van der Waals surface area (Å²) < 4.78 is 19.7. The van der Waals surface area contributed by atoms with Crippen LogP contribution >= 0.6 is 0 Å². The lowest BCUT2D eigenvalue weighted by Gasteiger charge is -2.36. The van der Waals surface area contributed by atoms with Crippen molar-refractivity contribution in [2.45, 2.75) is 24.4 Å². The van der Waals surface area contributed by atoms with Crippen molar-refractivity contribution in [3.8, 4) is 11.3 Å². The smallest absolute Gasteiger partial charge is 0.123 e. The van der Waals surface area contributed by atoms with Gasteiger partial charge in [0.2, 0.25) is 0 Å². The Balaban J connectivity index is 1.89. The third-order valence-electron chi connectivity index (χ3n) is 3.72. The molecule has 1 fully saturated rings. The van der Waals surface area contributed by atoms with Gasteiger partial charge >= 0.3 is 0 Å². The van der Waals surface area contributed by atoms with Gasteiger partial charge < -0.3 is 20.1 Å². The highest BCUT2D eigenvalue weighted by Gasteiger charge is 2.40. The van der Waals surface area contributed by atoms with E-state index >= 15 is 0 Å². The second kappa shape index (κ2) is 6.09. The van der Waals surface area contributed by atoms with Gasteiger partial charge in [0.05, 0.1) is 19.4 Å². The van der Waals surface area contributed by atoms with Crippen LogP contribution in [0.15, 0.2) is 30.5 Å². The highest BCUT2D eigenvalue weighted by molar-refractivity contribution is 5.57. The summed E-state index contributed by atoms with van der Waals surface area (Å²) in [6.07, 6.45) is -1.39. The van der Waals surface area contributed by atoms with Crippen LogP contribution in [0.3, 0.4) is 0 Å². The van der Waals surface area contributed by atoms with Crippen molar-refractivity contribution in [1.29, 1.82) is 0 Å². The number of hydrogen-bond donors (Lipinski definition) is 3. The summed E-state index contributed by atoms with van der Waals surface area (Å²) in [5.74, 6) is -0.390. The molecular formula is C14H16FN3O4. The number of aromatic nitrogens is 3. The zero-order chi connectivity index (χ0) is 15.7. The molecule has 1 aromatic carbocycles. The third kappa shape index (κ3) is 2.73. The molecule has 0 radical (unpaired) electrons. The molecule has 1 aliphatic rings. The Morgan fingerprint density at radius 2 is 2.18 bits per heavy atom. The summed E-state index contributed by atoms with van der Waals surface area (Å²) in [4.78, 5) is 0. The van der Waals surface area contributed by atoms with Crippen molar-refractivity contribution in [3.63, 3.8) is 0 Å². The number of halogens is 1. The topological polar surface area (TPSA) is 101 Å². The summed E-state index contributed by atoms with van der Waals surface area (Å²) in [6, 6.07) is 5.10. The number of ether oxygens (including phenoxy) is 1. The Morgan fingerprint density at radius 1 is 1.36 bits per heavy atom. The number of rotatable bonds is 3. The second-order valence-electron chi connectivity index (χ2n) is 5.20. The number of nitrogens with zero attached hydrogens (tertiary/aromatic N) is 3. The Kier molecular flexibility index (Phi) is 4.16. The van der Waals surface area contributed by atoms with E-state index in [0.717, 1.165) is 0 Å². The maximum absolute atomic E-state index is 13.3. The quantitative estimate of drug-likeness (QED) is 0.722. The van der Waals surface area contributed by atoms with E-state index in [0.29, 0.717) is 11.3 Å². The summed E-state index contributed by atoms with van der Waals surface area (Å²) in [5, 5.41) is 37.2. The summed E-state index contributed by atoms with van der Waals surface area (Å²) in [7, 11) is 0. The Morgan fingerprint density at radius 3 is 2.91 bits per heavy atom. The molecule has 0 saturated carbocycles. The standard InChI is InChI=1S/C14H16FN3O4/c15-9-3-1-2-8(4-9)10-5-18(17-16-10)13-11(20)7-22-12(6-19)14(13)21/h1-5,11-14,19-21H,6-7H2. The van der Waals surface area contributed by atoms with Crippen molar-refractivity contribution in [2.24, 2.45) is 0 Å². The van der Waals surface area contributed by atoms with E-state index < -0.39 is 30.2 Å². The maximum Gasteiger partial charge on any atom is 0.123 e. The predicted octanol–water partition coefficient (Wildman–Crippen LogP) is -0.262. The number of aliphatic hydroxyl groups is 3. The molecule has 1 saturated heterocycles. The Hall–Kier alpha value is -1.87. The molecule has 7 nitrogen and oxygen atoms in total. The van der Waals surface area contributed by atoms with Crippen LogP contribution in [0.5, 0.6) is 0 Å². The second-order valence-corrected chi connectivity index (χ2v) is 5.20. The fraction of sp³-hybridized carbons (Fsp3) is 0.429. The minimum absolute atomic E-state index is 0.0257. The van der Waals surface area contributed by atoms with Crippen LogP contribution < -0.4 is 0 Å².